The number of benzene rings is 4. The Labute approximate surface area is 277 Å². The molecule has 7 nitrogen and oxygen atoms in total. The Balaban J connectivity index is 1.35. The van der Waals surface area contributed by atoms with E-state index >= 15 is 0 Å². The van der Waals surface area contributed by atoms with E-state index in [4.69, 9.17) is 9.73 Å². The molecule has 1 aromatic heterocycles. The van der Waals surface area contributed by atoms with Crippen molar-refractivity contribution in [1.82, 2.24) is 4.57 Å². The maximum Gasteiger partial charge on any atom is 0.271 e. The largest absolute Gasteiger partial charge is 0.487 e. The minimum atomic E-state index is -0.445. The minimum absolute atomic E-state index is 0.00347. The molecule has 0 fully saturated rings. The molecular formula is C34H22Br2FN3O4S. The lowest BCUT2D eigenvalue weighted by atomic mass is 9.83. The number of non-ortho nitro benzene ring substituents is 1. The molecule has 4 aromatic carbocycles. The zero-order chi connectivity index (χ0) is 31.2. The topological polar surface area (TPSA) is 86.7 Å². The molecule has 0 N–H and O–H groups in total. The van der Waals surface area contributed by atoms with Gasteiger partial charge in [0.05, 0.1) is 25.7 Å². The van der Waals surface area contributed by atoms with Gasteiger partial charge in [-0.25, -0.2) is 9.38 Å². The Bertz CT molecular complexity index is 2210. The number of nitro groups is 1. The predicted octanol–water partition coefficient (Wildman–Crippen LogP) is 7.47. The second kappa shape index (κ2) is 12.0. The van der Waals surface area contributed by atoms with Gasteiger partial charge >= 0.3 is 0 Å². The molecular weight excluding hydrogens is 725 g/mol. The van der Waals surface area contributed by atoms with Gasteiger partial charge in [-0.05, 0) is 93.5 Å². The molecule has 0 saturated carbocycles. The fourth-order valence-corrected chi connectivity index (χ4v) is 8.18. The Morgan fingerprint density at radius 2 is 1.80 bits per heavy atom. The summed E-state index contributed by atoms with van der Waals surface area (Å²) in [7, 11) is 0. The van der Waals surface area contributed by atoms with E-state index in [1.807, 2.05) is 24.3 Å². The lowest BCUT2D eigenvalue weighted by molar-refractivity contribution is -0.384. The summed E-state index contributed by atoms with van der Waals surface area (Å²) in [5, 5.41) is 11.0. The number of ether oxygens (including phenoxy) is 1. The van der Waals surface area contributed by atoms with Crippen LogP contribution in [0.5, 0.6) is 5.75 Å². The van der Waals surface area contributed by atoms with Gasteiger partial charge in [0.25, 0.3) is 11.2 Å². The summed E-state index contributed by atoms with van der Waals surface area (Å²) < 4.78 is 23.8. The highest BCUT2D eigenvalue weighted by molar-refractivity contribution is 9.11. The Morgan fingerprint density at radius 1 is 1.04 bits per heavy atom. The van der Waals surface area contributed by atoms with Crippen molar-refractivity contribution in [3.8, 4) is 5.75 Å². The van der Waals surface area contributed by atoms with E-state index in [1.54, 1.807) is 34.9 Å². The number of nitrogens with zero attached hydrogens (tertiary/aromatic N) is 3. The summed E-state index contributed by atoms with van der Waals surface area (Å²) in [6.45, 7) is 0.164. The van der Waals surface area contributed by atoms with Crippen molar-refractivity contribution in [2.24, 2.45) is 4.99 Å². The van der Waals surface area contributed by atoms with E-state index in [0.717, 1.165) is 45.3 Å². The molecule has 1 aliphatic heterocycles. The molecule has 0 amide bonds. The molecule has 0 spiro atoms. The summed E-state index contributed by atoms with van der Waals surface area (Å²) in [4.78, 5) is 30.4. The van der Waals surface area contributed by atoms with E-state index < -0.39 is 11.0 Å². The van der Waals surface area contributed by atoms with Crippen molar-refractivity contribution in [1.29, 1.82) is 0 Å². The lowest BCUT2D eigenvalue weighted by Gasteiger charge is -2.30. The van der Waals surface area contributed by atoms with Crippen LogP contribution in [0.1, 0.15) is 40.3 Å². The highest BCUT2D eigenvalue weighted by Crippen LogP contribution is 2.41. The highest BCUT2D eigenvalue weighted by atomic mass is 79.9. The predicted molar refractivity (Wildman–Crippen MR) is 178 cm³/mol. The average molecular weight is 747 g/mol. The number of nitro benzene ring substituents is 1. The van der Waals surface area contributed by atoms with Gasteiger partial charge in [-0.15, -0.1) is 0 Å². The third-order valence-corrected chi connectivity index (χ3v) is 9.94. The Kier molecular flexibility index (Phi) is 7.84. The van der Waals surface area contributed by atoms with Crippen LogP contribution >= 0.6 is 43.2 Å². The maximum absolute atomic E-state index is 14.2. The van der Waals surface area contributed by atoms with Gasteiger partial charge in [-0.3, -0.25) is 19.5 Å². The second-order valence-electron chi connectivity index (χ2n) is 10.7. The summed E-state index contributed by atoms with van der Waals surface area (Å²) in [6, 6.07) is 24.0. The van der Waals surface area contributed by atoms with Crippen LogP contribution in [0.25, 0.3) is 11.8 Å². The standard InChI is InChI=1S/C34H22Br2FN3O4S/c35-23-15-22(32(28(36)17-23)44-18-19-5-12-25(13-6-19)40(42)43)16-29-33(41)39-31(21-7-10-24(37)11-8-21)27-14-9-20-3-1-2-4-26(20)30(27)38-34(39)45-29/h1-8,10-13,15-17,31H,9,14,18H2/b29-16+/t31-/m1/s1. The Hall–Kier alpha value is -4.19. The molecule has 5 aromatic rings. The smallest absolute Gasteiger partial charge is 0.271 e. The number of aryl methyl sites for hydroxylation is 1. The molecule has 45 heavy (non-hydrogen) atoms. The van der Waals surface area contributed by atoms with Gasteiger partial charge in [-0.1, -0.05) is 63.7 Å². The first kappa shape index (κ1) is 29.5. The lowest BCUT2D eigenvalue weighted by Crippen LogP contribution is -2.38. The van der Waals surface area contributed by atoms with Crippen molar-refractivity contribution in [2.75, 3.05) is 0 Å². The third kappa shape index (κ3) is 5.60. The van der Waals surface area contributed by atoms with Gasteiger partial charge in [0.1, 0.15) is 18.2 Å². The first-order valence-corrected chi connectivity index (χ1v) is 16.4. The summed E-state index contributed by atoms with van der Waals surface area (Å²) >= 11 is 8.44. The molecule has 0 radical (unpaired) electrons. The van der Waals surface area contributed by atoms with Crippen LogP contribution in [-0.4, -0.2) is 9.49 Å². The zero-order valence-electron chi connectivity index (χ0n) is 23.4. The van der Waals surface area contributed by atoms with E-state index in [1.165, 1.54) is 41.2 Å². The van der Waals surface area contributed by atoms with Crippen molar-refractivity contribution in [3.63, 3.8) is 0 Å². The van der Waals surface area contributed by atoms with Crippen LogP contribution in [0, 0.1) is 15.9 Å². The fraction of sp³-hybridized carbons (Fsp3) is 0.118. The molecule has 1 atom stereocenters. The van der Waals surface area contributed by atoms with Crippen molar-refractivity contribution < 1.29 is 14.1 Å². The maximum atomic E-state index is 14.2. The normalized spacial score (nSPS) is 15.6. The third-order valence-electron chi connectivity index (χ3n) is 7.91. The van der Waals surface area contributed by atoms with Crippen molar-refractivity contribution in [3.05, 3.63) is 163 Å². The summed E-state index contributed by atoms with van der Waals surface area (Å²) in [6.07, 6.45) is 3.36. The van der Waals surface area contributed by atoms with E-state index in [2.05, 4.69) is 44.0 Å². The number of halogens is 3. The van der Waals surface area contributed by atoms with E-state index in [-0.39, 0.29) is 23.7 Å². The van der Waals surface area contributed by atoms with Crippen molar-refractivity contribution >= 4 is 60.7 Å². The van der Waals surface area contributed by atoms with Crippen LogP contribution in [-0.2, 0) is 13.0 Å². The molecule has 0 saturated heterocycles. The number of aromatic nitrogens is 1. The van der Waals surface area contributed by atoms with E-state index in [0.29, 0.717) is 25.1 Å². The first-order valence-electron chi connectivity index (χ1n) is 14.0. The van der Waals surface area contributed by atoms with E-state index in [9.17, 15) is 19.3 Å². The monoisotopic (exact) mass is 745 g/mol. The quantitative estimate of drug-likeness (QED) is 0.133. The number of allylic oxidation sites excluding steroid dienone is 1. The van der Waals surface area contributed by atoms with Crippen LogP contribution in [0.2, 0.25) is 0 Å². The molecule has 224 valence electrons. The van der Waals surface area contributed by atoms with Gasteiger partial charge in [0.2, 0.25) is 0 Å². The summed E-state index contributed by atoms with van der Waals surface area (Å²) in [5.74, 6) is 0.182. The molecule has 1 aliphatic carbocycles. The first-order chi connectivity index (χ1) is 21.8. The van der Waals surface area contributed by atoms with Gasteiger partial charge in [0.15, 0.2) is 4.80 Å². The number of thiazole rings is 1. The van der Waals surface area contributed by atoms with Gasteiger partial charge in [0, 0.05) is 27.7 Å². The van der Waals surface area contributed by atoms with Crippen LogP contribution in [0.4, 0.5) is 10.1 Å². The molecule has 11 heteroatoms. The molecule has 2 heterocycles. The van der Waals surface area contributed by atoms with Crippen LogP contribution in [0.15, 0.2) is 109 Å². The number of fused-ring (bicyclic) bond motifs is 3. The summed E-state index contributed by atoms with van der Waals surface area (Å²) in [5.41, 5.74) is 6.23. The second-order valence-corrected chi connectivity index (χ2v) is 13.5. The number of hydrogen-bond donors (Lipinski definition) is 0. The van der Waals surface area contributed by atoms with Gasteiger partial charge < -0.3 is 4.74 Å². The molecule has 7 rings (SSSR count). The fourth-order valence-electron chi connectivity index (χ4n) is 5.82. The highest BCUT2D eigenvalue weighted by Gasteiger charge is 2.32. The molecule has 0 unspecified atom stereocenters. The van der Waals surface area contributed by atoms with Crippen molar-refractivity contribution in [2.45, 2.75) is 25.5 Å². The van der Waals surface area contributed by atoms with Crippen LogP contribution in [0.3, 0.4) is 0 Å². The minimum Gasteiger partial charge on any atom is -0.487 e. The number of rotatable bonds is 6. The number of hydrogen-bond acceptors (Lipinski definition) is 6. The molecule has 2 aliphatic rings. The van der Waals surface area contributed by atoms with Crippen LogP contribution < -0.4 is 19.6 Å². The molecule has 0 bridgehead atoms. The zero-order valence-corrected chi connectivity index (χ0v) is 27.4. The Morgan fingerprint density at radius 3 is 2.56 bits per heavy atom. The SMILES string of the molecule is O=c1/c(=C\c2cc(Br)cc(Br)c2OCc2ccc([N+](=O)[O-])cc2)sc2n1[C@H](c1ccc(F)cc1)C1=C(N=2)c2ccccc2CC1. The van der Waals surface area contributed by atoms with Gasteiger partial charge in [-0.2, -0.15) is 0 Å². The average Bonchev–Trinajstić information content (AvgIpc) is 3.34.